The van der Waals surface area contributed by atoms with Gasteiger partial charge in [0.1, 0.15) is 0 Å². The van der Waals surface area contributed by atoms with E-state index in [4.69, 9.17) is 11.6 Å². The van der Waals surface area contributed by atoms with Crippen LogP contribution in [0.4, 0.5) is 13.2 Å². The number of alkyl halides is 3. The summed E-state index contributed by atoms with van der Waals surface area (Å²) in [5.41, 5.74) is 1.23. The van der Waals surface area contributed by atoms with Crippen molar-refractivity contribution in [3.05, 3.63) is 34.9 Å². The summed E-state index contributed by atoms with van der Waals surface area (Å²) in [7, 11) is 0. The van der Waals surface area contributed by atoms with Crippen LogP contribution in [0.5, 0.6) is 0 Å². The second kappa shape index (κ2) is 11.2. The Morgan fingerprint density at radius 2 is 2.10 bits per heavy atom. The van der Waals surface area contributed by atoms with Crippen molar-refractivity contribution < 1.29 is 13.2 Å². The third-order valence-corrected chi connectivity index (χ3v) is 5.88. The van der Waals surface area contributed by atoms with Crippen molar-refractivity contribution in [2.45, 2.75) is 44.8 Å². The fraction of sp³-hybridized carbons (Fsp3) is 0.667. The summed E-state index contributed by atoms with van der Waals surface area (Å²) in [5, 5.41) is 4.31. The minimum absolute atomic E-state index is 0. The first-order chi connectivity index (χ1) is 13.8. The second-order valence-electron chi connectivity index (χ2n) is 7.99. The lowest BCUT2D eigenvalue weighted by Crippen LogP contribution is -2.43. The summed E-state index contributed by atoms with van der Waals surface area (Å²) in [4.78, 5) is 8.33. The first kappa shape index (κ1) is 25.5. The first-order valence-corrected chi connectivity index (χ1v) is 10.8. The molecule has 1 heterocycles. The molecule has 3 unspecified atom stereocenters. The molecule has 0 amide bonds. The lowest BCUT2D eigenvalue weighted by molar-refractivity contribution is -0.146. The van der Waals surface area contributed by atoms with Crippen LogP contribution in [0.25, 0.3) is 0 Å². The van der Waals surface area contributed by atoms with Crippen molar-refractivity contribution in [1.82, 2.24) is 15.1 Å². The van der Waals surface area contributed by atoms with E-state index in [0.717, 1.165) is 36.9 Å². The molecule has 30 heavy (non-hydrogen) atoms. The Bertz CT molecular complexity index is 716. The minimum Gasteiger partial charge on any atom is -0.353 e. The van der Waals surface area contributed by atoms with Gasteiger partial charge in [-0.05, 0) is 49.9 Å². The largest absolute Gasteiger partial charge is 0.401 e. The molecule has 4 nitrogen and oxygen atoms in total. The number of guanidine groups is 1. The normalized spacial score (nSPS) is 24.2. The summed E-state index contributed by atoms with van der Waals surface area (Å²) in [6.45, 7) is 6.08. The number of nitrogens with zero attached hydrogens (tertiary/aromatic N) is 3. The second-order valence-corrected chi connectivity index (χ2v) is 8.43. The fourth-order valence-corrected chi connectivity index (χ4v) is 4.31. The summed E-state index contributed by atoms with van der Waals surface area (Å²) in [5.74, 6) is 1.53. The first-order valence-electron chi connectivity index (χ1n) is 10.4. The Balaban J connectivity index is 0.00000320. The van der Waals surface area contributed by atoms with Gasteiger partial charge in [-0.15, -0.1) is 24.0 Å². The smallest absolute Gasteiger partial charge is 0.353 e. The molecule has 170 valence electrons. The summed E-state index contributed by atoms with van der Waals surface area (Å²) in [6, 6.07) is 8.29. The average Bonchev–Trinajstić information content (AvgIpc) is 3.27. The molecule has 1 aromatic rings. The number of hydrogen-bond acceptors (Lipinski definition) is 2. The van der Waals surface area contributed by atoms with Gasteiger partial charge in [-0.2, -0.15) is 13.2 Å². The van der Waals surface area contributed by atoms with Gasteiger partial charge in [0.15, 0.2) is 5.96 Å². The standard InChI is InChI=1S/C21H30ClF3N4.HI/c1-3-26-20(27-19-11-18(19)16-6-5-7-17(22)10-16)29-9-8-15(13-29)12-28(4-2)14-21(23,24)25;/h5-7,10,15,18-19H,3-4,8-9,11-14H2,1-2H3,(H,26,27);1H. The zero-order valence-corrected chi connectivity index (χ0v) is 20.5. The monoisotopic (exact) mass is 558 g/mol. The quantitative estimate of drug-likeness (QED) is 0.291. The molecule has 1 aliphatic carbocycles. The van der Waals surface area contributed by atoms with Crippen molar-refractivity contribution in [1.29, 1.82) is 0 Å². The van der Waals surface area contributed by atoms with Crippen molar-refractivity contribution in [3.8, 4) is 0 Å². The Morgan fingerprint density at radius 1 is 1.33 bits per heavy atom. The summed E-state index contributed by atoms with van der Waals surface area (Å²) in [6.07, 6.45) is -2.22. The maximum absolute atomic E-state index is 12.7. The average molecular weight is 559 g/mol. The molecule has 0 spiro atoms. The van der Waals surface area contributed by atoms with E-state index < -0.39 is 12.7 Å². The molecule has 2 fully saturated rings. The maximum Gasteiger partial charge on any atom is 0.401 e. The van der Waals surface area contributed by atoms with Crippen LogP contribution in [0.2, 0.25) is 5.02 Å². The third-order valence-electron chi connectivity index (χ3n) is 5.64. The SMILES string of the molecule is CCN=C(NC1CC1c1cccc(Cl)c1)N1CCC(CN(CC)CC(F)(F)F)C1.I. The maximum atomic E-state index is 12.7. The molecule has 0 radical (unpaired) electrons. The van der Waals surface area contributed by atoms with E-state index in [-0.39, 0.29) is 29.9 Å². The zero-order valence-electron chi connectivity index (χ0n) is 17.5. The van der Waals surface area contributed by atoms with E-state index in [1.807, 2.05) is 25.1 Å². The molecule has 1 N–H and O–H groups in total. The molecule has 0 aromatic heterocycles. The van der Waals surface area contributed by atoms with Crippen LogP contribution < -0.4 is 5.32 Å². The van der Waals surface area contributed by atoms with E-state index in [1.165, 1.54) is 10.5 Å². The van der Waals surface area contributed by atoms with Crippen LogP contribution in [0.15, 0.2) is 29.3 Å². The van der Waals surface area contributed by atoms with Crippen LogP contribution >= 0.6 is 35.6 Å². The van der Waals surface area contributed by atoms with Gasteiger partial charge in [0.2, 0.25) is 0 Å². The van der Waals surface area contributed by atoms with Gasteiger partial charge in [0.25, 0.3) is 0 Å². The van der Waals surface area contributed by atoms with Gasteiger partial charge in [-0.1, -0.05) is 30.7 Å². The molecular formula is C21H31ClF3IN4. The highest BCUT2D eigenvalue weighted by atomic mass is 127. The van der Waals surface area contributed by atoms with E-state index in [2.05, 4.69) is 21.3 Å². The third kappa shape index (κ3) is 7.44. The van der Waals surface area contributed by atoms with Gasteiger partial charge >= 0.3 is 6.18 Å². The van der Waals surface area contributed by atoms with Crippen LogP contribution in [0, 0.1) is 5.92 Å². The molecule has 9 heteroatoms. The van der Waals surface area contributed by atoms with E-state index >= 15 is 0 Å². The van der Waals surface area contributed by atoms with Gasteiger partial charge < -0.3 is 10.2 Å². The van der Waals surface area contributed by atoms with Crippen LogP contribution in [0.3, 0.4) is 0 Å². The molecule has 1 saturated carbocycles. The fourth-order valence-electron chi connectivity index (χ4n) is 4.11. The molecule has 0 bridgehead atoms. The predicted octanol–water partition coefficient (Wildman–Crippen LogP) is 4.99. The number of halogens is 5. The molecule has 1 aromatic carbocycles. The summed E-state index contributed by atoms with van der Waals surface area (Å²) < 4.78 is 38.2. The Morgan fingerprint density at radius 3 is 2.73 bits per heavy atom. The van der Waals surface area contributed by atoms with E-state index in [9.17, 15) is 13.2 Å². The highest BCUT2D eigenvalue weighted by Gasteiger charge is 2.40. The number of likely N-dealkylation sites (tertiary alicyclic amines) is 1. The lowest BCUT2D eigenvalue weighted by Gasteiger charge is -2.26. The summed E-state index contributed by atoms with van der Waals surface area (Å²) >= 11 is 6.11. The number of aliphatic imine (C=N–C) groups is 1. The van der Waals surface area contributed by atoms with Crippen LogP contribution in [-0.4, -0.2) is 67.2 Å². The highest BCUT2D eigenvalue weighted by Crippen LogP contribution is 2.41. The Kier molecular flexibility index (Phi) is 9.55. The molecule has 1 saturated heterocycles. The molecule has 3 rings (SSSR count). The topological polar surface area (TPSA) is 30.9 Å². The van der Waals surface area contributed by atoms with Crippen molar-refractivity contribution >= 4 is 41.5 Å². The Labute approximate surface area is 199 Å². The van der Waals surface area contributed by atoms with Gasteiger partial charge in [0.05, 0.1) is 6.54 Å². The Hall–Kier alpha value is -0.740. The number of benzene rings is 1. The van der Waals surface area contributed by atoms with Crippen molar-refractivity contribution in [3.63, 3.8) is 0 Å². The molecule has 2 aliphatic rings. The highest BCUT2D eigenvalue weighted by molar-refractivity contribution is 14.0. The number of hydrogen-bond donors (Lipinski definition) is 1. The zero-order chi connectivity index (χ0) is 21.0. The number of nitrogens with one attached hydrogen (secondary N) is 1. The van der Waals surface area contributed by atoms with Crippen molar-refractivity contribution in [2.24, 2.45) is 10.9 Å². The molecular weight excluding hydrogens is 528 g/mol. The van der Waals surface area contributed by atoms with Crippen LogP contribution in [-0.2, 0) is 0 Å². The van der Waals surface area contributed by atoms with E-state index in [0.29, 0.717) is 31.6 Å². The minimum atomic E-state index is -4.15. The van der Waals surface area contributed by atoms with Crippen LogP contribution in [0.1, 0.15) is 38.2 Å². The number of rotatable bonds is 7. The lowest BCUT2D eigenvalue weighted by atomic mass is 10.1. The van der Waals surface area contributed by atoms with Gasteiger partial charge in [-0.3, -0.25) is 9.89 Å². The molecule has 1 aliphatic heterocycles. The van der Waals surface area contributed by atoms with Gasteiger partial charge in [0, 0.05) is 43.2 Å². The molecule has 3 atom stereocenters. The predicted molar refractivity (Wildman–Crippen MR) is 127 cm³/mol. The van der Waals surface area contributed by atoms with E-state index in [1.54, 1.807) is 6.92 Å². The van der Waals surface area contributed by atoms with Gasteiger partial charge in [-0.25, -0.2) is 0 Å². The van der Waals surface area contributed by atoms with Crippen molar-refractivity contribution in [2.75, 3.05) is 39.3 Å².